The first-order valence-corrected chi connectivity index (χ1v) is 13.7. The average Bonchev–Trinajstić information content (AvgIpc) is 3.73. The van der Waals surface area contributed by atoms with E-state index in [1.165, 1.54) is 60.2 Å². The van der Waals surface area contributed by atoms with Crippen LogP contribution in [0.25, 0.3) is 11.1 Å². The molecule has 4 nitrogen and oxygen atoms in total. The monoisotopic (exact) mass is 479 g/mol. The summed E-state index contributed by atoms with van der Waals surface area (Å²) in [7, 11) is 0. The van der Waals surface area contributed by atoms with Gasteiger partial charge in [-0.15, -0.1) is 0 Å². The van der Waals surface area contributed by atoms with Crippen molar-refractivity contribution in [3.63, 3.8) is 0 Å². The van der Waals surface area contributed by atoms with Crippen molar-refractivity contribution < 1.29 is 4.79 Å². The molecule has 3 atom stereocenters. The van der Waals surface area contributed by atoms with Crippen molar-refractivity contribution in [3.05, 3.63) is 89.2 Å². The Hall–Kier alpha value is -2.98. The van der Waals surface area contributed by atoms with Crippen LogP contribution in [0.4, 0.5) is 0 Å². The second-order valence-corrected chi connectivity index (χ2v) is 11.5. The molecule has 3 aromatic rings. The summed E-state index contributed by atoms with van der Waals surface area (Å²) >= 11 is 0. The number of pyridine rings is 1. The molecule has 0 spiro atoms. The molecular weight excluding hydrogens is 442 g/mol. The molecule has 6 rings (SSSR count). The molecule has 1 saturated heterocycles. The predicted octanol–water partition coefficient (Wildman–Crippen LogP) is 5.66. The molecule has 2 aliphatic carbocycles. The van der Waals surface area contributed by atoms with Crippen molar-refractivity contribution in [2.75, 3.05) is 19.6 Å². The van der Waals surface area contributed by atoms with Gasteiger partial charge in [0.15, 0.2) is 0 Å². The van der Waals surface area contributed by atoms with E-state index in [0.29, 0.717) is 18.5 Å². The van der Waals surface area contributed by atoms with Gasteiger partial charge in [0, 0.05) is 37.1 Å². The zero-order valence-corrected chi connectivity index (χ0v) is 21.5. The van der Waals surface area contributed by atoms with Gasteiger partial charge in [0.25, 0.3) is 5.91 Å². The van der Waals surface area contributed by atoms with E-state index in [1.807, 2.05) is 30.6 Å². The van der Waals surface area contributed by atoms with E-state index in [4.69, 9.17) is 0 Å². The van der Waals surface area contributed by atoms with Crippen molar-refractivity contribution in [2.24, 2.45) is 11.8 Å². The Kier molecular flexibility index (Phi) is 6.17. The number of hydrogen-bond donors (Lipinski definition) is 1. The predicted molar refractivity (Wildman–Crippen MR) is 145 cm³/mol. The quantitative estimate of drug-likeness (QED) is 0.476. The maximum Gasteiger partial charge on any atom is 0.251 e. The lowest BCUT2D eigenvalue weighted by Crippen LogP contribution is -2.58. The summed E-state index contributed by atoms with van der Waals surface area (Å²) in [6.45, 7) is 8.00. The second-order valence-electron chi connectivity index (χ2n) is 11.5. The van der Waals surface area contributed by atoms with Gasteiger partial charge in [0.05, 0.1) is 0 Å². The highest BCUT2D eigenvalue weighted by Crippen LogP contribution is 2.49. The van der Waals surface area contributed by atoms with Crippen molar-refractivity contribution in [1.82, 2.24) is 15.2 Å². The number of aromatic nitrogens is 1. The normalized spacial score (nSPS) is 25.3. The lowest BCUT2D eigenvalue weighted by atomic mass is 9.59. The number of piperidine rings is 1. The number of hydrogen-bond acceptors (Lipinski definition) is 3. The summed E-state index contributed by atoms with van der Waals surface area (Å²) in [6, 6.07) is 19.7. The fourth-order valence-corrected chi connectivity index (χ4v) is 6.54. The minimum atomic E-state index is 0.0377. The number of fused-ring (bicyclic) bond motifs is 4. The minimum Gasteiger partial charge on any atom is -0.352 e. The number of rotatable bonds is 7. The molecule has 3 aliphatic rings. The molecule has 2 bridgehead atoms. The Morgan fingerprint density at radius 1 is 1.06 bits per heavy atom. The van der Waals surface area contributed by atoms with E-state index in [2.05, 4.69) is 65.4 Å². The summed E-state index contributed by atoms with van der Waals surface area (Å²) in [4.78, 5) is 19.9. The Labute approximate surface area is 215 Å². The number of carbonyl (C=O) groups excluding carboxylic acids is 1. The number of benzene rings is 2. The molecule has 0 radical (unpaired) electrons. The highest BCUT2D eigenvalue weighted by Gasteiger charge is 2.49. The molecule has 1 saturated carbocycles. The van der Waals surface area contributed by atoms with Gasteiger partial charge in [-0.1, -0.05) is 44.2 Å². The average molecular weight is 480 g/mol. The standard InChI is InChI=1S/C32H37N3O/c1-22-30-20-27-9-10-28(19-29(27)32(22,2)14-18-35(30)21-24-3-4-24)31(36)34-17-11-23-5-7-25(8-6-23)26-12-15-33-16-13-26/h5-10,12-13,15-16,19,22,24,30H,3-4,11,14,17-18,20-21H2,1-2H3,(H,34,36)/t22-,30-,32-/m0/s1. The molecule has 1 aliphatic heterocycles. The van der Waals surface area contributed by atoms with Gasteiger partial charge < -0.3 is 5.32 Å². The van der Waals surface area contributed by atoms with Crippen LogP contribution >= 0.6 is 0 Å². The molecule has 186 valence electrons. The third-order valence-corrected chi connectivity index (χ3v) is 9.24. The SMILES string of the molecule is C[C@H]1[C@@H]2Cc3ccc(C(=O)NCCc4ccc(-c5ccncc5)cc4)cc3[C@@]1(C)CCN2CC1CC1. The van der Waals surface area contributed by atoms with Crippen molar-refractivity contribution in [1.29, 1.82) is 0 Å². The number of amides is 1. The summed E-state index contributed by atoms with van der Waals surface area (Å²) in [6.07, 6.45) is 9.59. The van der Waals surface area contributed by atoms with Crippen LogP contribution in [0, 0.1) is 11.8 Å². The maximum atomic E-state index is 13.1. The third kappa shape index (κ3) is 4.48. The fourth-order valence-electron chi connectivity index (χ4n) is 6.54. The summed E-state index contributed by atoms with van der Waals surface area (Å²) in [5.41, 5.74) is 7.40. The smallest absolute Gasteiger partial charge is 0.251 e. The van der Waals surface area contributed by atoms with Gasteiger partial charge in [0.1, 0.15) is 0 Å². The Morgan fingerprint density at radius 2 is 1.81 bits per heavy atom. The van der Waals surface area contributed by atoms with E-state index in [1.54, 1.807) is 0 Å². The van der Waals surface area contributed by atoms with Crippen LogP contribution in [-0.2, 0) is 18.3 Å². The molecule has 1 amide bonds. The lowest BCUT2D eigenvalue weighted by molar-refractivity contribution is 0.0284. The topological polar surface area (TPSA) is 45.2 Å². The van der Waals surface area contributed by atoms with Gasteiger partial charge in [-0.25, -0.2) is 0 Å². The zero-order valence-electron chi connectivity index (χ0n) is 21.5. The molecule has 1 aromatic heterocycles. The molecule has 36 heavy (non-hydrogen) atoms. The van der Waals surface area contributed by atoms with Gasteiger partial charge in [-0.05, 0) is 108 Å². The summed E-state index contributed by atoms with van der Waals surface area (Å²) in [5.74, 6) is 1.59. The molecular formula is C32H37N3O. The number of carbonyl (C=O) groups is 1. The molecule has 4 heteroatoms. The highest BCUT2D eigenvalue weighted by molar-refractivity contribution is 5.94. The lowest BCUT2D eigenvalue weighted by Gasteiger charge is -2.55. The van der Waals surface area contributed by atoms with Crippen LogP contribution in [0.15, 0.2) is 67.0 Å². The Morgan fingerprint density at radius 3 is 2.56 bits per heavy atom. The Bertz CT molecular complexity index is 1230. The number of nitrogens with zero attached hydrogens (tertiary/aromatic N) is 2. The van der Waals surface area contributed by atoms with Crippen molar-refractivity contribution in [3.8, 4) is 11.1 Å². The summed E-state index contributed by atoms with van der Waals surface area (Å²) < 4.78 is 0. The first-order valence-electron chi connectivity index (χ1n) is 13.7. The van der Waals surface area contributed by atoms with Crippen molar-refractivity contribution >= 4 is 5.91 Å². The van der Waals surface area contributed by atoms with Crippen molar-refractivity contribution in [2.45, 2.75) is 57.4 Å². The first-order chi connectivity index (χ1) is 17.5. The van der Waals surface area contributed by atoms with Gasteiger partial charge >= 0.3 is 0 Å². The van der Waals surface area contributed by atoms with Crippen LogP contribution in [0.2, 0.25) is 0 Å². The van der Waals surface area contributed by atoms with Crippen LogP contribution in [0.5, 0.6) is 0 Å². The fraction of sp³-hybridized carbons (Fsp3) is 0.438. The van der Waals surface area contributed by atoms with E-state index < -0.39 is 0 Å². The van der Waals surface area contributed by atoms with E-state index in [9.17, 15) is 4.79 Å². The van der Waals surface area contributed by atoms with Gasteiger partial charge in [0.2, 0.25) is 0 Å². The molecule has 2 heterocycles. The van der Waals surface area contributed by atoms with E-state index in [-0.39, 0.29) is 11.3 Å². The third-order valence-electron chi connectivity index (χ3n) is 9.24. The maximum absolute atomic E-state index is 13.1. The van der Waals surface area contributed by atoms with E-state index in [0.717, 1.165) is 24.3 Å². The number of nitrogens with one attached hydrogen (secondary N) is 1. The van der Waals surface area contributed by atoms with Crippen LogP contribution in [0.3, 0.4) is 0 Å². The molecule has 0 unspecified atom stereocenters. The zero-order chi connectivity index (χ0) is 24.7. The Balaban J connectivity index is 1.10. The van der Waals surface area contributed by atoms with Crippen LogP contribution in [0.1, 0.15) is 60.2 Å². The second kappa shape index (κ2) is 9.48. The minimum absolute atomic E-state index is 0.0377. The van der Waals surface area contributed by atoms with Gasteiger partial charge in [-0.2, -0.15) is 0 Å². The number of likely N-dealkylation sites (tertiary alicyclic amines) is 1. The molecule has 2 aromatic carbocycles. The highest BCUT2D eigenvalue weighted by atomic mass is 16.1. The van der Waals surface area contributed by atoms with E-state index >= 15 is 0 Å². The van der Waals surface area contributed by atoms with Gasteiger partial charge in [-0.3, -0.25) is 14.7 Å². The largest absolute Gasteiger partial charge is 0.352 e. The molecule has 2 fully saturated rings. The van der Waals surface area contributed by atoms with Crippen LogP contribution < -0.4 is 5.32 Å². The van der Waals surface area contributed by atoms with Crippen LogP contribution in [-0.4, -0.2) is 41.5 Å². The summed E-state index contributed by atoms with van der Waals surface area (Å²) in [5, 5.41) is 3.16. The molecule has 1 N–H and O–H groups in total. The first kappa shape index (κ1) is 23.4.